The first-order valence-corrected chi connectivity index (χ1v) is 9.05. The molecule has 0 radical (unpaired) electrons. The Bertz CT molecular complexity index is 1230. The number of nitrogens with one attached hydrogen (secondary N) is 1. The second-order valence-electron chi connectivity index (χ2n) is 6.43. The zero-order valence-corrected chi connectivity index (χ0v) is 16.6. The number of nitrogens with zero attached hydrogens (tertiary/aromatic N) is 2. The normalized spacial score (nSPS) is 10.8. The van der Waals surface area contributed by atoms with Crippen LogP contribution in [0.5, 0.6) is 17.2 Å². The van der Waals surface area contributed by atoms with Gasteiger partial charge in [0, 0.05) is 17.2 Å². The number of pyridine rings is 1. The van der Waals surface area contributed by atoms with Gasteiger partial charge in [-0.3, -0.25) is 5.10 Å². The first-order valence-electron chi connectivity index (χ1n) is 9.05. The van der Waals surface area contributed by atoms with Crippen LogP contribution < -0.4 is 14.2 Å². The van der Waals surface area contributed by atoms with E-state index in [2.05, 4.69) is 15.2 Å². The number of H-pyrrole nitrogens is 1. The summed E-state index contributed by atoms with van der Waals surface area (Å²) in [6, 6.07) is 14.3. The fourth-order valence-electron chi connectivity index (χ4n) is 3.37. The molecule has 30 heavy (non-hydrogen) atoms. The number of hydrogen-bond donors (Lipinski definition) is 2. The van der Waals surface area contributed by atoms with Crippen LogP contribution in [0.1, 0.15) is 10.4 Å². The molecule has 2 aromatic carbocycles. The SMILES string of the molecule is COc1cc(OC)c(-c2cc(C(=O)O)c3c(-c4ccccc4)[nH]nc3n2)cc1OC. The molecule has 4 rings (SSSR count). The number of carboxylic acid groups (broad SMARTS) is 1. The van der Waals surface area contributed by atoms with Crippen LogP contribution in [0.15, 0.2) is 48.5 Å². The Hall–Kier alpha value is -4.07. The molecule has 0 fully saturated rings. The van der Waals surface area contributed by atoms with Gasteiger partial charge in [-0.1, -0.05) is 30.3 Å². The maximum absolute atomic E-state index is 12.1. The van der Waals surface area contributed by atoms with Crippen LogP contribution in [-0.4, -0.2) is 47.6 Å². The predicted molar refractivity (Wildman–Crippen MR) is 111 cm³/mol. The topological polar surface area (TPSA) is 107 Å². The number of carboxylic acids is 1. The van der Waals surface area contributed by atoms with Crippen molar-refractivity contribution in [2.75, 3.05) is 21.3 Å². The molecular weight excluding hydrogens is 386 g/mol. The first kappa shape index (κ1) is 19.3. The maximum atomic E-state index is 12.1. The summed E-state index contributed by atoms with van der Waals surface area (Å²) in [6.45, 7) is 0. The number of aromatic nitrogens is 3. The van der Waals surface area contributed by atoms with Crippen LogP contribution in [0, 0.1) is 0 Å². The molecular formula is C22H19N3O5. The van der Waals surface area contributed by atoms with Crippen molar-refractivity contribution in [2.45, 2.75) is 0 Å². The van der Waals surface area contributed by atoms with Gasteiger partial charge in [0.1, 0.15) is 5.75 Å². The third kappa shape index (κ3) is 3.18. The lowest BCUT2D eigenvalue weighted by Gasteiger charge is -2.14. The molecule has 0 unspecified atom stereocenters. The second-order valence-corrected chi connectivity index (χ2v) is 6.43. The van der Waals surface area contributed by atoms with E-state index >= 15 is 0 Å². The number of hydrogen-bond acceptors (Lipinski definition) is 6. The number of rotatable bonds is 6. The predicted octanol–water partition coefficient (Wildman–Crippen LogP) is 4.02. The molecule has 0 amide bonds. The van der Waals surface area contributed by atoms with Gasteiger partial charge in [-0.2, -0.15) is 5.10 Å². The molecule has 4 aromatic rings. The zero-order chi connectivity index (χ0) is 21.3. The Morgan fingerprint density at radius 2 is 1.60 bits per heavy atom. The molecule has 0 spiro atoms. The third-order valence-corrected chi connectivity index (χ3v) is 4.80. The van der Waals surface area contributed by atoms with Crippen LogP contribution in [0.2, 0.25) is 0 Å². The van der Waals surface area contributed by atoms with Gasteiger partial charge in [-0.15, -0.1) is 0 Å². The van der Waals surface area contributed by atoms with E-state index in [1.54, 1.807) is 12.1 Å². The van der Waals surface area contributed by atoms with E-state index in [0.29, 0.717) is 45.2 Å². The van der Waals surface area contributed by atoms with Gasteiger partial charge in [-0.05, 0) is 12.1 Å². The van der Waals surface area contributed by atoms with E-state index in [4.69, 9.17) is 14.2 Å². The van der Waals surface area contributed by atoms with Gasteiger partial charge in [-0.25, -0.2) is 9.78 Å². The average Bonchev–Trinajstić information content (AvgIpc) is 3.21. The molecule has 2 heterocycles. The van der Waals surface area contributed by atoms with Crippen molar-refractivity contribution in [3.63, 3.8) is 0 Å². The van der Waals surface area contributed by atoms with Crippen molar-refractivity contribution in [1.82, 2.24) is 15.2 Å². The number of ether oxygens (including phenoxy) is 3. The molecule has 0 bridgehead atoms. The summed E-state index contributed by atoms with van der Waals surface area (Å²) in [7, 11) is 4.56. The van der Waals surface area contributed by atoms with E-state index in [1.165, 1.54) is 27.4 Å². The minimum Gasteiger partial charge on any atom is -0.496 e. The summed E-state index contributed by atoms with van der Waals surface area (Å²) >= 11 is 0. The molecule has 0 aliphatic rings. The van der Waals surface area contributed by atoms with Crippen molar-refractivity contribution < 1.29 is 24.1 Å². The zero-order valence-electron chi connectivity index (χ0n) is 16.6. The highest BCUT2D eigenvalue weighted by Crippen LogP contribution is 2.41. The highest BCUT2D eigenvalue weighted by Gasteiger charge is 2.22. The molecule has 8 nitrogen and oxygen atoms in total. The van der Waals surface area contributed by atoms with E-state index in [0.717, 1.165) is 5.56 Å². The average molecular weight is 405 g/mol. The van der Waals surface area contributed by atoms with E-state index < -0.39 is 5.97 Å². The summed E-state index contributed by atoms with van der Waals surface area (Å²) in [5.41, 5.74) is 2.75. The van der Waals surface area contributed by atoms with Crippen LogP contribution >= 0.6 is 0 Å². The van der Waals surface area contributed by atoms with Crippen molar-refractivity contribution in [3.05, 3.63) is 54.1 Å². The lowest BCUT2D eigenvalue weighted by atomic mass is 10.0. The van der Waals surface area contributed by atoms with E-state index in [-0.39, 0.29) is 5.56 Å². The maximum Gasteiger partial charge on any atom is 0.336 e. The largest absolute Gasteiger partial charge is 0.496 e. The monoisotopic (exact) mass is 405 g/mol. The van der Waals surface area contributed by atoms with E-state index in [9.17, 15) is 9.90 Å². The molecule has 0 saturated heterocycles. The van der Waals surface area contributed by atoms with Gasteiger partial charge in [0.05, 0.1) is 43.7 Å². The number of fused-ring (bicyclic) bond motifs is 1. The molecule has 2 N–H and O–H groups in total. The highest BCUT2D eigenvalue weighted by molar-refractivity contribution is 6.08. The quantitative estimate of drug-likeness (QED) is 0.499. The van der Waals surface area contributed by atoms with Gasteiger partial charge in [0.2, 0.25) is 0 Å². The minimum atomic E-state index is -1.08. The van der Waals surface area contributed by atoms with Crippen molar-refractivity contribution in [2.24, 2.45) is 0 Å². The van der Waals surface area contributed by atoms with Gasteiger partial charge in [0.25, 0.3) is 0 Å². The van der Waals surface area contributed by atoms with Crippen LogP contribution in [0.25, 0.3) is 33.5 Å². The van der Waals surface area contributed by atoms with Gasteiger partial charge in [0.15, 0.2) is 17.1 Å². The number of carbonyl (C=O) groups is 1. The third-order valence-electron chi connectivity index (χ3n) is 4.80. The molecule has 0 saturated carbocycles. The van der Waals surface area contributed by atoms with Crippen molar-refractivity contribution in [1.29, 1.82) is 0 Å². The first-order chi connectivity index (χ1) is 14.6. The Labute approximate surface area is 172 Å². The molecule has 2 aromatic heterocycles. The van der Waals surface area contributed by atoms with E-state index in [1.807, 2.05) is 30.3 Å². The fourth-order valence-corrected chi connectivity index (χ4v) is 3.37. The molecule has 0 atom stereocenters. The van der Waals surface area contributed by atoms with Gasteiger partial charge >= 0.3 is 5.97 Å². The fraction of sp³-hybridized carbons (Fsp3) is 0.136. The lowest BCUT2D eigenvalue weighted by molar-refractivity contribution is 0.0699. The van der Waals surface area contributed by atoms with Crippen molar-refractivity contribution >= 4 is 17.0 Å². The standard InChI is InChI=1S/C22H19N3O5/c1-28-16-11-18(30-3)17(29-2)10-13(16)15-9-14(22(26)27)19-20(24-25-21(19)23-15)12-7-5-4-6-8-12/h4-11H,1-3H3,(H,26,27)(H,23,24,25). The molecule has 0 aliphatic heterocycles. The molecule has 8 heteroatoms. The Morgan fingerprint density at radius 3 is 2.23 bits per heavy atom. The van der Waals surface area contributed by atoms with Crippen LogP contribution in [-0.2, 0) is 0 Å². The number of aromatic carboxylic acids is 1. The van der Waals surface area contributed by atoms with Gasteiger partial charge < -0.3 is 19.3 Å². The second kappa shape index (κ2) is 7.75. The summed E-state index contributed by atoms with van der Waals surface area (Å²) in [4.78, 5) is 16.7. The smallest absolute Gasteiger partial charge is 0.336 e. The number of aromatic amines is 1. The summed E-state index contributed by atoms with van der Waals surface area (Å²) in [5, 5.41) is 17.5. The summed E-state index contributed by atoms with van der Waals surface area (Å²) in [5.74, 6) is 0.346. The molecule has 152 valence electrons. The van der Waals surface area contributed by atoms with Crippen LogP contribution in [0.4, 0.5) is 0 Å². The lowest BCUT2D eigenvalue weighted by Crippen LogP contribution is -2.01. The molecule has 0 aliphatic carbocycles. The Morgan fingerprint density at radius 1 is 0.933 bits per heavy atom. The van der Waals surface area contributed by atoms with Crippen molar-refractivity contribution in [3.8, 4) is 39.8 Å². The highest BCUT2D eigenvalue weighted by atomic mass is 16.5. The number of methoxy groups -OCH3 is 3. The Kier molecular flexibility index (Phi) is 4.97. The Balaban J connectivity index is 1.98. The summed E-state index contributed by atoms with van der Waals surface area (Å²) < 4.78 is 16.2. The number of benzene rings is 2. The minimum absolute atomic E-state index is 0.0828. The summed E-state index contributed by atoms with van der Waals surface area (Å²) in [6.07, 6.45) is 0. The van der Waals surface area contributed by atoms with Crippen LogP contribution in [0.3, 0.4) is 0 Å².